The molecule has 0 spiro atoms. The second-order valence-corrected chi connectivity index (χ2v) is 5.45. The Morgan fingerprint density at radius 2 is 1.59 bits per heavy atom. The van der Waals surface area contributed by atoms with Gasteiger partial charge in [0, 0.05) is 22.0 Å². The minimum atomic E-state index is -1.15. The number of halogens is 2. The number of hydrogen-bond donors (Lipinski definition) is 2. The summed E-state index contributed by atoms with van der Waals surface area (Å²) in [6.45, 7) is 0. The molecule has 0 bridgehead atoms. The average molecular weight is 338 g/mol. The number of carbonyl (C=O) groups excluding carboxylic acids is 1. The van der Waals surface area contributed by atoms with E-state index in [4.69, 9.17) is 23.2 Å². The van der Waals surface area contributed by atoms with Gasteiger partial charge >= 0.3 is 5.97 Å². The molecule has 114 valence electrons. The normalized spacial score (nSPS) is 11.7. The van der Waals surface area contributed by atoms with Gasteiger partial charge in [-0.05, 0) is 29.8 Å². The first kappa shape index (κ1) is 16.3. The average Bonchev–Trinajstić information content (AvgIpc) is 2.50. The van der Waals surface area contributed by atoms with Crippen molar-refractivity contribution in [3.63, 3.8) is 0 Å². The highest BCUT2D eigenvalue weighted by molar-refractivity contribution is 6.36. The van der Waals surface area contributed by atoms with Crippen LogP contribution in [0.1, 0.15) is 15.9 Å². The van der Waals surface area contributed by atoms with Crippen molar-refractivity contribution in [1.29, 1.82) is 0 Å². The Balaban J connectivity index is 2.18. The summed E-state index contributed by atoms with van der Waals surface area (Å²) in [5, 5.41) is 12.5. The summed E-state index contributed by atoms with van der Waals surface area (Å²) in [5.74, 6) is -1.61. The molecule has 0 aliphatic rings. The minimum absolute atomic E-state index is 0.00636. The molecule has 4 nitrogen and oxygen atoms in total. The Hall–Kier alpha value is -2.04. The van der Waals surface area contributed by atoms with Crippen molar-refractivity contribution >= 4 is 35.1 Å². The Morgan fingerprint density at radius 3 is 2.14 bits per heavy atom. The lowest BCUT2D eigenvalue weighted by molar-refractivity contribution is -0.139. The van der Waals surface area contributed by atoms with Crippen LogP contribution in [0.25, 0.3) is 0 Å². The smallest absolute Gasteiger partial charge is 0.326 e. The van der Waals surface area contributed by atoms with Crippen LogP contribution in [0.5, 0.6) is 0 Å². The van der Waals surface area contributed by atoms with Crippen molar-refractivity contribution in [3.8, 4) is 0 Å². The van der Waals surface area contributed by atoms with Gasteiger partial charge in [0.15, 0.2) is 0 Å². The molecule has 0 saturated carbocycles. The summed E-state index contributed by atoms with van der Waals surface area (Å²) in [6, 6.07) is 12.2. The number of carbonyl (C=O) groups is 2. The quantitative estimate of drug-likeness (QED) is 0.878. The third-order valence-corrected chi connectivity index (χ3v) is 3.82. The third-order valence-electron chi connectivity index (χ3n) is 3.11. The Kier molecular flexibility index (Phi) is 5.41. The third kappa shape index (κ3) is 4.00. The van der Waals surface area contributed by atoms with E-state index in [-0.39, 0.29) is 6.42 Å². The summed E-state index contributed by atoms with van der Waals surface area (Å²) in [5.41, 5.74) is 0.880. The fourth-order valence-electron chi connectivity index (χ4n) is 1.96. The lowest BCUT2D eigenvalue weighted by atomic mass is 10.1. The number of carboxylic acids is 1. The predicted molar refractivity (Wildman–Crippen MR) is 85.5 cm³/mol. The van der Waals surface area contributed by atoms with E-state index in [1.807, 2.05) is 0 Å². The number of carboxylic acid groups (broad SMARTS) is 1. The van der Waals surface area contributed by atoms with E-state index in [1.165, 1.54) is 0 Å². The summed E-state index contributed by atoms with van der Waals surface area (Å²) >= 11 is 12.1. The van der Waals surface area contributed by atoms with Crippen LogP contribution in [0.3, 0.4) is 0 Å². The highest BCUT2D eigenvalue weighted by Gasteiger charge is 2.23. The molecular formula is C16H13Cl2NO3. The van der Waals surface area contributed by atoms with Crippen LogP contribution in [-0.4, -0.2) is 23.0 Å². The van der Waals surface area contributed by atoms with Crippen molar-refractivity contribution in [2.75, 3.05) is 0 Å². The first-order chi connectivity index (χ1) is 10.5. The lowest BCUT2D eigenvalue weighted by Crippen LogP contribution is -2.42. The molecule has 0 heterocycles. The predicted octanol–water partition coefficient (Wildman–Crippen LogP) is 3.42. The number of benzene rings is 2. The van der Waals surface area contributed by atoms with E-state index in [1.54, 1.807) is 48.5 Å². The Morgan fingerprint density at radius 1 is 1.00 bits per heavy atom. The van der Waals surface area contributed by atoms with Crippen molar-refractivity contribution in [1.82, 2.24) is 5.32 Å². The highest BCUT2D eigenvalue weighted by atomic mass is 35.5. The van der Waals surface area contributed by atoms with Gasteiger partial charge < -0.3 is 10.4 Å². The van der Waals surface area contributed by atoms with Crippen LogP contribution in [-0.2, 0) is 11.2 Å². The molecule has 2 N–H and O–H groups in total. The molecular weight excluding hydrogens is 325 g/mol. The molecule has 2 aromatic carbocycles. The Labute approximate surface area is 137 Å². The zero-order valence-corrected chi connectivity index (χ0v) is 12.9. The molecule has 6 heteroatoms. The molecule has 22 heavy (non-hydrogen) atoms. The standard InChI is InChI=1S/C16H13Cl2NO3/c17-12-7-4-8-13(18)11(12)9-14(16(21)22)19-15(20)10-5-2-1-3-6-10/h1-8,14H,9H2,(H,19,20)(H,21,22)/t14-/m0/s1. The van der Waals surface area contributed by atoms with Gasteiger partial charge in [0.25, 0.3) is 5.91 Å². The summed E-state index contributed by atoms with van der Waals surface area (Å²) < 4.78 is 0. The maximum atomic E-state index is 12.1. The maximum Gasteiger partial charge on any atom is 0.326 e. The highest BCUT2D eigenvalue weighted by Crippen LogP contribution is 2.25. The fraction of sp³-hybridized carbons (Fsp3) is 0.125. The first-order valence-electron chi connectivity index (χ1n) is 6.50. The number of nitrogens with one attached hydrogen (secondary N) is 1. The molecule has 2 rings (SSSR count). The summed E-state index contributed by atoms with van der Waals surface area (Å²) in [4.78, 5) is 23.5. The second-order valence-electron chi connectivity index (χ2n) is 4.63. The van der Waals surface area contributed by atoms with Crippen LogP contribution in [0.4, 0.5) is 0 Å². The molecule has 0 aromatic heterocycles. The number of hydrogen-bond acceptors (Lipinski definition) is 2. The van der Waals surface area contributed by atoms with Crippen molar-refractivity contribution in [2.45, 2.75) is 12.5 Å². The fourth-order valence-corrected chi connectivity index (χ4v) is 2.51. The molecule has 0 saturated heterocycles. The van der Waals surface area contributed by atoms with Crippen LogP contribution in [0, 0.1) is 0 Å². The largest absolute Gasteiger partial charge is 0.480 e. The van der Waals surface area contributed by atoms with E-state index in [2.05, 4.69) is 5.32 Å². The summed E-state index contributed by atoms with van der Waals surface area (Å²) in [6.07, 6.45) is 0.00636. The zero-order chi connectivity index (χ0) is 16.1. The van der Waals surface area contributed by atoms with Crippen LogP contribution in [0.2, 0.25) is 10.0 Å². The lowest BCUT2D eigenvalue weighted by Gasteiger charge is -2.16. The zero-order valence-electron chi connectivity index (χ0n) is 11.4. The van der Waals surface area contributed by atoms with E-state index < -0.39 is 17.9 Å². The van der Waals surface area contributed by atoms with Gasteiger partial charge in [0.05, 0.1) is 0 Å². The molecule has 1 atom stereocenters. The maximum absolute atomic E-state index is 12.1. The van der Waals surface area contributed by atoms with E-state index in [0.717, 1.165) is 0 Å². The van der Waals surface area contributed by atoms with Gasteiger partial charge in [0.1, 0.15) is 6.04 Å². The molecule has 0 aliphatic carbocycles. The van der Waals surface area contributed by atoms with E-state index >= 15 is 0 Å². The number of rotatable bonds is 5. The van der Waals surface area contributed by atoms with Crippen molar-refractivity contribution in [2.24, 2.45) is 0 Å². The molecule has 0 radical (unpaired) electrons. The van der Waals surface area contributed by atoms with Gasteiger partial charge in [-0.3, -0.25) is 4.79 Å². The molecule has 1 amide bonds. The molecule has 2 aromatic rings. The van der Waals surface area contributed by atoms with Gasteiger partial charge in [-0.1, -0.05) is 47.5 Å². The van der Waals surface area contributed by atoms with Crippen molar-refractivity contribution < 1.29 is 14.7 Å². The topological polar surface area (TPSA) is 66.4 Å². The van der Waals surface area contributed by atoms with Crippen LogP contribution >= 0.6 is 23.2 Å². The van der Waals surface area contributed by atoms with Gasteiger partial charge in [-0.25, -0.2) is 4.79 Å². The summed E-state index contributed by atoms with van der Waals surface area (Å²) in [7, 11) is 0. The monoisotopic (exact) mass is 337 g/mol. The molecule has 0 aliphatic heterocycles. The number of aliphatic carboxylic acids is 1. The number of amides is 1. The van der Waals surface area contributed by atoms with Crippen LogP contribution < -0.4 is 5.32 Å². The SMILES string of the molecule is O=C(N[C@@H](Cc1c(Cl)cccc1Cl)C(=O)O)c1ccccc1. The van der Waals surface area contributed by atoms with Gasteiger partial charge in [0.2, 0.25) is 0 Å². The van der Waals surface area contributed by atoms with E-state index in [0.29, 0.717) is 21.2 Å². The van der Waals surface area contributed by atoms with E-state index in [9.17, 15) is 14.7 Å². The second kappa shape index (κ2) is 7.29. The first-order valence-corrected chi connectivity index (χ1v) is 7.26. The minimum Gasteiger partial charge on any atom is -0.480 e. The Bertz CT molecular complexity index is 669. The van der Waals surface area contributed by atoms with Crippen LogP contribution in [0.15, 0.2) is 48.5 Å². The molecule has 0 fully saturated rings. The van der Waals surface area contributed by atoms with Gasteiger partial charge in [-0.2, -0.15) is 0 Å². The van der Waals surface area contributed by atoms with Gasteiger partial charge in [-0.15, -0.1) is 0 Å². The molecule has 0 unspecified atom stereocenters. The van der Waals surface area contributed by atoms with Crippen molar-refractivity contribution in [3.05, 3.63) is 69.7 Å².